The van der Waals surface area contributed by atoms with Gasteiger partial charge in [0.2, 0.25) is 0 Å². The molecule has 0 atom stereocenters. The molecule has 1 aliphatic rings. The Bertz CT molecular complexity index is 645. The number of para-hydroxylation sites is 1. The fourth-order valence-corrected chi connectivity index (χ4v) is 2.39. The standard InChI is InChI=1S/C15H13ClN2O2/c16-14-9-11(5-6-17-14)15(19)18-7-8-20-13-4-2-1-3-12(13)10-18/h1-6,9H,7-8,10H2. The summed E-state index contributed by atoms with van der Waals surface area (Å²) in [5.74, 6) is 0.783. The van der Waals surface area contributed by atoms with E-state index in [2.05, 4.69) is 4.98 Å². The molecule has 0 saturated heterocycles. The molecule has 4 nitrogen and oxygen atoms in total. The predicted molar refractivity (Wildman–Crippen MR) is 75.9 cm³/mol. The summed E-state index contributed by atoms with van der Waals surface area (Å²) >= 11 is 5.83. The average Bonchev–Trinajstić information content (AvgIpc) is 2.68. The van der Waals surface area contributed by atoms with Crippen molar-refractivity contribution in [3.05, 3.63) is 58.9 Å². The van der Waals surface area contributed by atoms with Crippen LogP contribution in [0, 0.1) is 0 Å². The third kappa shape index (κ3) is 2.60. The maximum atomic E-state index is 12.5. The molecule has 1 aliphatic heterocycles. The minimum atomic E-state index is -0.0606. The highest BCUT2D eigenvalue weighted by molar-refractivity contribution is 6.29. The summed E-state index contributed by atoms with van der Waals surface area (Å²) in [7, 11) is 0. The van der Waals surface area contributed by atoms with Crippen molar-refractivity contribution in [2.45, 2.75) is 6.54 Å². The van der Waals surface area contributed by atoms with Gasteiger partial charge in [0.05, 0.1) is 6.54 Å². The number of rotatable bonds is 1. The second-order valence-electron chi connectivity index (χ2n) is 4.55. The molecule has 0 radical (unpaired) electrons. The summed E-state index contributed by atoms with van der Waals surface area (Å²) in [6, 6.07) is 11.0. The molecule has 3 rings (SSSR count). The summed E-state index contributed by atoms with van der Waals surface area (Å²) in [6.07, 6.45) is 1.54. The molecule has 102 valence electrons. The minimum Gasteiger partial charge on any atom is -0.491 e. The first-order chi connectivity index (χ1) is 9.74. The molecular weight excluding hydrogens is 276 g/mol. The molecule has 20 heavy (non-hydrogen) atoms. The lowest BCUT2D eigenvalue weighted by Gasteiger charge is -2.19. The largest absolute Gasteiger partial charge is 0.491 e. The van der Waals surface area contributed by atoms with Gasteiger partial charge in [0.25, 0.3) is 5.91 Å². The Morgan fingerprint density at radius 3 is 3.00 bits per heavy atom. The van der Waals surface area contributed by atoms with Crippen molar-refractivity contribution in [2.75, 3.05) is 13.2 Å². The van der Waals surface area contributed by atoms with Crippen molar-refractivity contribution < 1.29 is 9.53 Å². The van der Waals surface area contributed by atoms with Crippen LogP contribution < -0.4 is 4.74 Å². The zero-order valence-electron chi connectivity index (χ0n) is 10.8. The van der Waals surface area contributed by atoms with Crippen molar-refractivity contribution in [1.29, 1.82) is 0 Å². The van der Waals surface area contributed by atoms with E-state index >= 15 is 0 Å². The number of ether oxygens (including phenoxy) is 1. The van der Waals surface area contributed by atoms with E-state index in [4.69, 9.17) is 16.3 Å². The lowest BCUT2D eigenvalue weighted by Crippen LogP contribution is -2.32. The van der Waals surface area contributed by atoms with Gasteiger partial charge in [0, 0.05) is 23.9 Å². The van der Waals surface area contributed by atoms with Crippen LogP contribution in [0.3, 0.4) is 0 Å². The van der Waals surface area contributed by atoms with Crippen LogP contribution >= 0.6 is 11.6 Å². The smallest absolute Gasteiger partial charge is 0.254 e. The number of hydrogen-bond donors (Lipinski definition) is 0. The second kappa shape index (κ2) is 5.51. The molecule has 0 fully saturated rings. The number of pyridine rings is 1. The fourth-order valence-electron chi connectivity index (χ4n) is 2.22. The van der Waals surface area contributed by atoms with E-state index in [0.29, 0.717) is 30.4 Å². The van der Waals surface area contributed by atoms with Crippen LogP contribution in [-0.4, -0.2) is 28.9 Å². The molecule has 5 heteroatoms. The van der Waals surface area contributed by atoms with Gasteiger partial charge in [-0.25, -0.2) is 4.98 Å². The predicted octanol–water partition coefficient (Wildman–Crippen LogP) is 2.77. The van der Waals surface area contributed by atoms with Crippen LogP contribution in [0.15, 0.2) is 42.6 Å². The van der Waals surface area contributed by atoms with Gasteiger partial charge in [-0.1, -0.05) is 29.8 Å². The minimum absolute atomic E-state index is 0.0606. The monoisotopic (exact) mass is 288 g/mol. The molecule has 0 saturated carbocycles. The number of amides is 1. The summed E-state index contributed by atoms with van der Waals surface area (Å²) in [4.78, 5) is 18.2. The van der Waals surface area contributed by atoms with Gasteiger partial charge < -0.3 is 9.64 Å². The Labute approximate surface area is 122 Å². The fraction of sp³-hybridized carbons (Fsp3) is 0.200. The zero-order chi connectivity index (χ0) is 13.9. The molecule has 1 aromatic carbocycles. The Kier molecular flexibility index (Phi) is 3.56. The summed E-state index contributed by atoms with van der Waals surface area (Å²) in [5, 5.41) is 0.322. The van der Waals surface area contributed by atoms with E-state index in [1.54, 1.807) is 17.0 Å². The number of carbonyl (C=O) groups is 1. The third-order valence-corrected chi connectivity index (χ3v) is 3.42. The van der Waals surface area contributed by atoms with E-state index in [0.717, 1.165) is 11.3 Å². The van der Waals surface area contributed by atoms with Gasteiger partial charge in [-0.2, -0.15) is 0 Å². The molecule has 0 aliphatic carbocycles. The number of aromatic nitrogens is 1. The first kappa shape index (κ1) is 12.9. The number of nitrogens with zero attached hydrogens (tertiary/aromatic N) is 2. The highest BCUT2D eigenvalue weighted by Crippen LogP contribution is 2.23. The van der Waals surface area contributed by atoms with Crippen LogP contribution in [0.5, 0.6) is 5.75 Å². The molecule has 0 bridgehead atoms. The lowest BCUT2D eigenvalue weighted by molar-refractivity contribution is 0.0733. The molecule has 2 aromatic rings. The Hall–Kier alpha value is -2.07. The van der Waals surface area contributed by atoms with Gasteiger partial charge >= 0.3 is 0 Å². The Morgan fingerprint density at radius 1 is 1.30 bits per heavy atom. The average molecular weight is 289 g/mol. The maximum absolute atomic E-state index is 12.5. The van der Waals surface area contributed by atoms with Gasteiger partial charge in [-0.05, 0) is 18.2 Å². The van der Waals surface area contributed by atoms with Gasteiger partial charge in [0.15, 0.2) is 0 Å². The highest BCUT2D eigenvalue weighted by atomic mass is 35.5. The van der Waals surface area contributed by atoms with Crippen molar-refractivity contribution >= 4 is 17.5 Å². The topological polar surface area (TPSA) is 42.4 Å². The number of carbonyl (C=O) groups excluding carboxylic acids is 1. The van der Waals surface area contributed by atoms with Crippen molar-refractivity contribution in [1.82, 2.24) is 9.88 Å². The third-order valence-electron chi connectivity index (χ3n) is 3.21. The molecular formula is C15H13ClN2O2. The van der Waals surface area contributed by atoms with E-state index in [1.807, 2.05) is 24.3 Å². The molecule has 0 unspecified atom stereocenters. The quantitative estimate of drug-likeness (QED) is 0.758. The molecule has 1 amide bonds. The molecule has 2 heterocycles. The van der Waals surface area contributed by atoms with Gasteiger partial charge in [0.1, 0.15) is 17.5 Å². The van der Waals surface area contributed by atoms with Crippen LogP contribution in [0.25, 0.3) is 0 Å². The second-order valence-corrected chi connectivity index (χ2v) is 4.94. The van der Waals surface area contributed by atoms with Crippen molar-refractivity contribution in [3.63, 3.8) is 0 Å². The van der Waals surface area contributed by atoms with E-state index < -0.39 is 0 Å². The molecule has 1 aromatic heterocycles. The molecule has 0 N–H and O–H groups in total. The Balaban J connectivity index is 1.86. The summed E-state index contributed by atoms with van der Waals surface area (Å²) < 4.78 is 5.66. The maximum Gasteiger partial charge on any atom is 0.254 e. The number of halogens is 1. The van der Waals surface area contributed by atoms with Crippen LogP contribution in [0.2, 0.25) is 5.15 Å². The first-order valence-electron chi connectivity index (χ1n) is 6.35. The van der Waals surface area contributed by atoms with Gasteiger partial charge in [-0.15, -0.1) is 0 Å². The summed E-state index contributed by atoms with van der Waals surface area (Å²) in [5.41, 5.74) is 1.56. The number of fused-ring (bicyclic) bond motifs is 1. The lowest BCUT2D eigenvalue weighted by atomic mass is 10.1. The zero-order valence-corrected chi connectivity index (χ0v) is 11.5. The van der Waals surface area contributed by atoms with Crippen molar-refractivity contribution in [3.8, 4) is 5.75 Å². The normalized spacial score (nSPS) is 14.2. The summed E-state index contributed by atoms with van der Waals surface area (Å²) in [6.45, 7) is 1.57. The molecule has 0 spiro atoms. The Morgan fingerprint density at radius 2 is 2.15 bits per heavy atom. The van der Waals surface area contributed by atoms with E-state index in [-0.39, 0.29) is 5.91 Å². The van der Waals surface area contributed by atoms with Crippen LogP contribution in [0.1, 0.15) is 15.9 Å². The van der Waals surface area contributed by atoms with E-state index in [1.165, 1.54) is 6.20 Å². The van der Waals surface area contributed by atoms with Gasteiger partial charge in [-0.3, -0.25) is 4.79 Å². The van der Waals surface area contributed by atoms with E-state index in [9.17, 15) is 4.79 Å². The SMILES string of the molecule is O=C(c1ccnc(Cl)c1)N1CCOc2ccccc2C1. The first-order valence-corrected chi connectivity index (χ1v) is 6.73. The van der Waals surface area contributed by atoms with Crippen LogP contribution in [-0.2, 0) is 6.54 Å². The number of hydrogen-bond acceptors (Lipinski definition) is 3. The van der Waals surface area contributed by atoms with Crippen molar-refractivity contribution in [2.24, 2.45) is 0 Å². The number of benzene rings is 1. The van der Waals surface area contributed by atoms with Crippen LogP contribution in [0.4, 0.5) is 0 Å². The highest BCUT2D eigenvalue weighted by Gasteiger charge is 2.20.